The Kier molecular flexibility index (Phi) is 4.34. The number of aromatic carboxylic acids is 1. The lowest BCUT2D eigenvalue weighted by molar-refractivity contribution is -0.145. The van der Waals surface area contributed by atoms with Crippen LogP contribution >= 0.6 is 11.8 Å². The predicted molar refractivity (Wildman–Crippen MR) is 65.5 cm³/mol. The quantitative estimate of drug-likeness (QED) is 0.806. The summed E-state index contributed by atoms with van der Waals surface area (Å²) in [5, 5.41) is 17.7. The van der Waals surface area contributed by atoms with Gasteiger partial charge in [-0.05, 0) is 32.0 Å². The fourth-order valence-electron chi connectivity index (χ4n) is 1.08. The van der Waals surface area contributed by atoms with Crippen LogP contribution < -0.4 is 0 Å². The van der Waals surface area contributed by atoms with Crippen molar-refractivity contribution in [1.82, 2.24) is 0 Å². The predicted octanol–water partition coefficient (Wildman–Crippen LogP) is 2.73. The second-order valence-corrected chi connectivity index (χ2v) is 5.47. The molecule has 98 valence electrons. The second-order valence-electron chi connectivity index (χ2n) is 4.42. The van der Waals surface area contributed by atoms with Crippen molar-refractivity contribution in [2.75, 3.05) is 5.75 Å². The van der Waals surface area contributed by atoms with Crippen molar-refractivity contribution in [2.45, 2.75) is 18.7 Å². The van der Waals surface area contributed by atoms with Crippen molar-refractivity contribution in [3.63, 3.8) is 0 Å². The summed E-state index contributed by atoms with van der Waals surface area (Å²) in [6, 6.07) is 3.71. The molecule has 0 aliphatic carbocycles. The largest absolute Gasteiger partial charge is 0.481 e. The third-order valence-electron chi connectivity index (χ3n) is 2.35. The monoisotopic (exact) mass is 272 g/mol. The number of halogens is 1. The van der Waals surface area contributed by atoms with Gasteiger partial charge in [0.05, 0.1) is 11.0 Å². The Morgan fingerprint density at radius 3 is 2.44 bits per heavy atom. The molecule has 0 unspecified atom stereocenters. The molecule has 0 aliphatic rings. The number of hydrogen-bond donors (Lipinski definition) is 2. The maximum atomic E-state index is 13.1. The number of aliphatic carboxylic acids is 1. The highest BCUT2D eigenvalue weighted by atomic mass is 32.2. The summed E-state index contributed by atoms with van der Waals surface area (Å²) in [5.41, 5.74) is -1.34. The molecule has 1 rings (SSSR count). The van der Waals surface area contributed by atoms with Crippen molar-refractivity contribution in [3.05, 3.63) is 29.6 Å². The molecule has 1 aromatic carbocycles. The topological polar surface area (TPSA) is 74.6 Å². The minimum atomic E-state index is -1.34. The van der Waals surface area contributed by atoms with E-state index in [0.717, 1.165) is 6.07 Å². The van der Waals surface area contributed by atoms with Crippen LogP contribution in [-0.4, -0.2) is 27.9 Å². The Balaban J connectivity index is 2.84. The maximum absolute atomic E-state index is 13.1. The lowest BCUT2D eigenvalue weighted by Crippen LogP contribution is -2.26. The lowest BCUT2D eigenvalue weighted by atomic mass is 9.97. The van der Waals surface area contributed by atoms with Gasteiger partial charge in [0.15, 0.2) is 0 Å². The van der Waals surface area contributed by atoms with Crippen molar-refractivity contribution in [1.29, 1.82) is 0 Å². The van der Waals surface area contributed by atoms with E-state index in [1.165, 1.54) is 23.9 Å². The number of carboxylic acid groups (broad SMARTS) is 2. The summed E-state index contributed by atoms with van der Waals surface area (Å²) in [5.74, 6) is -2.81. The van der Waals surface area contributed by atoms with Crippen LogP contribution in [0.15, 0.2) is 23.1 Å². The molecule has 6 heteroatoms. The average molecular weight is 272 g/mol. The zero-order valence-electron chi connectivity index (χ0n) is 9.94. The number of rotatable bonds is 5. The summed E-state index contributed by atoms with van der Waals surface area (Å²) >= 11 is 1.19. The molecule has 0 aromatic heterocycles. The highest BCUT2D eigenvalue weighted by Crippen LogP contribution is 2.29. The molecule has 0 saturated heterocycles. The molecule has 2 N–H and O–H groups in total. The SMILES string of the molecule is CC(C)(CSc1ccc(F)c(C(=O)O)c1)C(=O)O. The van der Waals surface area contributed by atoms with Gasteiger partial charge in [-0.1, -0.05) is 0 Å². The molecule has 18 heavy (non-hydrogen) atoms. The maximum Gasteiger partial charge on any atom is 0.338 e. The normalized spacial score (nSPS) is 11.3. The van der Waals surface area contributed by atoms with E-state index < -0.39 is 28.7 Å². The first-order valence-corrected chi connectivity index (χ1v) is 6.11. The molecule has 1 aromatic rings. The third kappa shape index (κ3) is 3.46. The first-order valence-electron chi connectivity index (χ1n) is 5.13. The van der Waals surface area contributed by atoms with Gasteiger partial charge in [-0.2, -0.15) is 0 Å². The number of benzene rings is 1. The highest BCUT2D eigenvalue weighted by molar-refractivity contribution is 7.99. The van der Waals surface area contributed by atoms with Crippen molar-refractivity contribution < 1.29 is 24.2 Å². The number of carboxylic acids is 2. The molecule has 0 bridgehead atoms. The smallest absolute Gasteiger partial charge is 0.338 e. The summed E-state index contributed by atoms with van der Waals surface area (Å²) in [7, 11) is 0. The minimum absolute atomic E-state index is 0.271. The van der Waals surface area contributed by atoms with Crippen LogP contribution in [0.4, 0.5) is 4.39 Å². The highest BCUT2D eigenvalue weighted by Gasteiger charge is 2.27. The molecule has 0 radical (unpaired) electrons. The number of carbonyl (C=O) groups is 2. The molecule has 0 heterocycles. The van der Waals surface area contributed by atoms with E-state index in [1.54, 1.807) is 13.8 Å². The first-order chi connectivity index (χ1) is 8.24. The van der Waals surface area contributed by atoms with Gasteiger partial charge >= 0.3 is 11.9 Å². The fourth-order valence-corrected chi connectivity index (χ4v) is 2.10. The van der Waals surface area contributed by atoms with E-state index in [9.17, 15) is 14.0 Å². The van der Waals surface area contributed by atoms with Gasteiger partial charge in [0.25, 0.3) is 0 Å². The molecule has 0 atom stereocenters. The molecule has 4 nitrogen and oxygen atoms in total. The molecular formula is C12H13FO4S. The van der Waals surface area contributed by atoms with Gasteiger partial charge in [-0.15, -0.1) is 11.8 Å². The van der Waals surface area contributed by atoms with Crippen molar-refractivity contribution >= 4 is 23.7 Å². The Labute approximate surface area is 108 Å². The fraction of sp³-hybridized carbons (Fsp3) is 0.333. The molecule has 0 saturated carbocycles. The zero-order valence-corrected chi connectivity index (χ0v) is 10.8. The standard InChI is InChI=1S/C12H13FO4S/c1-12(2,11(16)17)6-18-7-3-4-9(13)8(5-7)10(14)15/h3-5H,6H2,1-2H3,(H,14,15)(H,16,17). The Hall–Kier alpha value is -1.56. The van der Waals surface area contributed by atoms with Gasteiger partial charge in [0, 0.05) is 10.6 Å². The zero-order chi connectivity index (χ0) is 13.9. The van der Waals surface area contributed by atoms with Crippen LogP contribution in [0, 0.1) is 11.2 Å². The van der Waals surface area contributed by atoms with E-state index in [2.05, 4.69) is 0 Å². The van der Waals surface area contributed by atoms with Gasteiger partial charge in [-0.25, -0.2) is 9.18 Å². The minimum Gasteiger partial charge on any atom is -0.481 e. The summed E-state index contributed by atoms with van der Waals surface area (Å²) in [6.45, 7) is 3.15. The average Bonchev–Trinajstić information content (AvgIpc) is 2.27. The second kappa shape index (κ2) is 5.39. The summed E-state index contributed by atoms with van der Waals surface area (Å²) < 4.78 is 13.1. The Bertz CT molecular complexity index is 485. The van der Waals surface area contributed by atoms with E-state index in [0.29, 0.717) is 4.90 Å². The Morgan fingerprint density at radius 1 is 1.33 bits per heavy atom. The van der Waals surface area contributed by atoms with Crippen LogP contribution in [0.1, 0.15) is 24.2 Å². The van der Waals surface area contributed by atoms with Gasteiger partial charge in [0.1, 0.15) is 5.82 Å². The third-order valence-corrected chi connectivity index (χ3v) is 3.80. The summed E-state index contributed by atoms with van der Waals surface area (Å²) in [4.78, 5) is 22.2. The van der Waals surface area contributed by atoms with E-state index in [1.807, 2.05) is 0 Å². The van der Waals surface area contributed by atoms with E-state index in [4.69, 9.17) is 10.2 Å². The van der Waals surface area contributed by atoms with Gasteiger partial charge in [-0.3, -0.25) is 4.79 Å². The molecule has 0 spiro atoms. The number of hydrogen-bond acceptors (Lipinski definition) is 3. The number of thioether (sulfide) groups is 1. The molecule has 0 fully saturated rings. The van der Waals surface area contributed by atoms with E-state index in [-0.39, 0.29) is 5.75 Å². The van der Waals surface area contributed by atoms with Crippen LogP contribution in [0.25, 0.3) is 0 Å². The van der Waals surface area contributed by atoms with Crippen LogP contribution in [-0.2, 0) is 4.79 Å². The van der Waals surface area contributed by atoms with Crippen LogP contribution in [0.3, 0.4) is 0 Å². The first kappa shape index (κ1) is 14.5. The summed E-state index contributed by atoms with van der Waals surface area (Å²) in [6.07, 6.45) is 0. The van der Waals surface area contributed by atoms with Crippen LogP contribution in [0.5, 0.6) is 0 Å². The molecule has 0 amide bonds. The van der Waals surface area contributed by atoms with E-state index >= 15 is 0 Å². The van der Waals surface area contributed by atoms with Gasteiger partial charge in [0.2, 0.25) is 0 Å². The molecule has 0 aliphatic heterocycles. The van der Waals surface area contributed by atoms with Crippen molar-refractivity contribution in [2.24, 2.45) is 5.41 Å². The lowest BCUT2D eigenvalue weighted by Gasteiger charge is -2.18. The Morgan fingerprint density at radius 2 is 1.94 bits per heavy atom. The van der Waals surface area contributed by atoms with Crippen molar-refractivity contribution in [3.8, 4) is 0 Å². The van der Waals surface area contributed by atoms with Gasteiger partial charge < -0.3 is 10.2 Å². The van der Waals surface area contributed by atoms with Crippen LogP contribution in [0.2, 0.25) is 0 Å². The molecular weight excluding hydrogens is 259 g/mol.